The predicted octanol–water partition coefficient (Wildman–Crippen LogP) is 1.86. The molecule has 0 saturated carbocycles. The fourth-order valence-electron chi connectivity index (χ4n) is 2.18. The van der Waals surface area contributed by atoms with Crippen LogP contribution in [0.5, 0.6) is 0 Å². The third kappa shape index (κ3) is 3.18. The molecule has 2 rings (SSSR count). The molecule has 0 bridgehead atoms. The van der Waals surface area contributed by atoms with Crippen LogP contribution in [0, 0.1) is 5.82 Å². The first-order valence-electron chi connectivity index (χ1n) is 6.12. The van der Waals surface area contributed by atoms with Crippen LogP contribution >= 0.6 is 15.9 Å². The van der Waals surface area contributed by atoms with Crippen molar-refractivity contribution in [1.29, 1.82) is 0 Å². The summed E-state index contributed by atoms with van der Waals surface area (Å²) < 4.78 is 36.5. The zero-order chi connectivity index (χ0) is 14.9. The van der Waals surface area contributed by atoms with Gasteiger partial charge in [-0.15, -0.1) is 0 Å². The summed E-state index contributed by atoms with van der Waals surface area (Å²) >= 11 is 3.09. The third-order valence-corrected chi connectivity index (χ3v) is 4.78. The highest BCUT2D eigenvalue weighted by atomic mass is 79.9. The Hall–Kier alpha value is -0.990. The molecule has 0 spiro atoms. The number of rotatable bonds is 2. The van der Waals surface area contributed by atoms with E-state index in [9.17, 15) is 17.6 Å². The van der Waals surface area contributed by atoms with Crippen LogP contribution in [0.2, 0.25) is 0 Å². The van der Waals surface area contributed by atoms with Crippen LogP contribution in [0.3, 0.4) is 0 Å². The van der Waals surface area contributed by atoms with Crippen LogP contribution in [0.15, 0.2) is 21.5 Å². The van der Waals surface area contributed by atoms with Crippen molar-refractivity contribution in [2.75, 3.05) is 13.1 Å². The molecule has 1 fully saturated rings. The number of hydrogen-bond acceptors (Lipinski definition) is 3. The van der Waals surface area contributed by atoms with Crippen molar-refractivity contribution in [2.24, 2.45) is 5.14 Å². The Morgan fingerprint density at radius 2 is 1.85 bits per heavy atom. The Bertz CT molecular complexity index is 642. The Labute approximate surface area is 125 Å². The van der Waals surface area contributed by atoms with E-state index in [1.165, 1.54) is 0 Å². The van der Waals surface area contributed by atoms with Crippen molar-refractivity contribution in [3.63, 3.8) is 0 Å². The average Bonchev–Trinajstić information content (AvgIpc) is 2.37. The fraction of sp³-hybridized carbons (Fsp3) is 0.417. The second-order valence-electron chi connectivity index (χ2n) is 4.66. The van der Waals surface area contributed by atoms with Crippen LogP contribution in [0.1, 0.15) is 29.6 Å². The van der Waals surface area contributed by atoms with Gasteiger partial charge in [-0.2, -0.15) is 0 Å². The molecule has 0 aromatic heterocycles. The topological polar surface area (TPSA) is 80.5 Å². The van der Waals surface area contributed by atoms with Crippen LogP contribution in [-0.2, 0) is 10.0 Å². The first-order chi connectivity index (χ1) is 9.30. The smallest absolute Gasteiger partial charge is 0.255 e. The van der Waals surface area contributed by atoms with Gasteiger partial charge in [-0.25, -0.2) is 17.9 Å². The molecule has 1 heterocycles. The van der Waals surface area contributed by atoms with Crippen molar-refractivity contribution in [3.8, 4) is 0 Å². The Balaban J connectivity index is 2.43. The lowest BCUT2D eigenvalue weighted by Crippen LogP contribution is -2.36. The summed E-state index contributed by atoms with van der Waals surface area (Å²) in [6, 6.07) is 1.95. The SMILES string of the molecule is NS(=O)(=O)c1cc(C(=O)N2CCCCC2)c(Br)cc1F. The molecule has 5 nitrogen and oxygen atoms in total. The molecule has 1 aliphatic rings. The lowest BCUT2D eigenvalue weighted by molar-refractivity contribution is 0.0723. The van der Waals surface area contributed by atoms with Crippen LogP contribution < -0.4 is 5.14 Å². The molecule has 8 heteroatoms. The molecule has 0 radical (unpaired) electrons. The van der Waals surface area contributed by atoms with Crippen molar-refractivity contribution < 1.29 is 17.6 Å². The van der Waals surface area contributed by atoms with E-state index >= 15 is 0 Å². The van der Waals surface area contributed by atoms with Crippen LogP contribution in [0.4, 0.5) is 4.39 Å². The molecule has 2 N–H and O–H groups in total. The Morgan fingerprint density at radius 3 is 2.40 bits per heavy atom. The number of benzene rings is 1. The highest BCUT2D eigenvalue weighted by molar-refractivity contribution is 9.10. The number of primary sulfonamides is 1. The molecule has 0 unspecified atom stereocenters. The summed E-state index contributed by atoms with van der Waals surface area (Å²) in [7, 11) is -4.20. The largest absolute Gasteiger partial charge is 0.339 e. The summed E-state index contributed by atoms with van der Waals surface area (Å²) in [5.74, 6) is -1.30. The number of amides is 1. The number of nitrogens with zero attached hydrogens (tertiary/aromatic N) is 1. The summed E-state index contributed by atoms with van der Waals surface area (Å²) in [5.41, 5.74) is 0.109. The van der Waals surface area contributed by atoms with E-state index in [4.69, 9.17) is 5.14 Å². The number of hydrogen-bond donors (Lipinski definition) is 1. The molecule has 1 aromatic rings. The molecular weight excluding hydrogens is 351 g/mol. The molecule has 1 amide bonds. The van der Waals surface area contributed by atoms with E-state index in [-0.39, 0.29) is 15.9 Å². The number of carbonyl (C=O) groups is 1. The van der Waals surface area contributed by atoms with Crippen molar-refractivity contribution >= 4 is 31.9 Å². The molecule has 1 saturated heterocycles. The standard InChI is InChI=1S/C12H14BrFN2O3S/c13-9-7-10(14)11(20(15,18)19)6-8(9)12(17)16-4-2-1-3-5-16/h6-7H,1-5H2,(H2,15,18,19). The maximum atomic E-state index is 13.6. The van der Waals surface area contributed by atoms with Crippen molar-refractivity contribution in [1.82, 2.24) is 4.90 Å². The van der Waals surface area contributed by atoms with Crippen molar-refractivity contribution in [2.45, 2.75) is 24.2 Å². The monoisotopic (exact) mass is 364 g/mol. The van der Waals surface area contributed by atoms with Gasteiger partial charge in [0.2, 0.25) is 10.0 Å². The first kappa shape index (κ1) is 15.4. The molecule has 1 aromatic carbocycles. The average molecular weight is 365 g/mol. The van der Waals surface area contributed by atoms with Gasteiger partial charge in [0.05, 0.1) is 5.56 Å². The van der Waals surface area contributed by atoms with Crippen LogP contribution in [0.25, 0.3) is 0 Å². The van der Waals surface area contributed by atoms with Gasteiger partial charge in [0.25, 0.3) is 5.91 Å². The quantitative estimate of drug-likeness (QED) is 0.869. The molecule has 20 heavy (non-hydrogen) atoms. The van der Waals surface area contributed by atoms with Gasteiger partial charge in [0.15, 0.2) is 0 Å². The van der Waals surface area contributed by atoms with E-state index in [1.54, 1.807) is 4.90 Å². The Morgan fingerprint density at radius 1 is 1.25 bits per heavy atom. The van der Waals surface area contributed by atoms with E-state index in [0.29, 0.717) is 13.1 Å². The maximum Gasteiger partial charge on any atom is 0.255 e. The number of likely N-dealkylation sites (tertiary alicyclic amines) is 1. The van der Waals surface area contributed by atoms with Crippen LogP contribution in [-0.4, -0.2) is 32.3 Å². The summed E-state index contributed by atoms with van der Waals surface area (Å²) in [4.78, 5) is 13.3. The number of sulfonamides is 1. The van der Waals surface area contributed by atoms with Gasteiger partial charge in [0, 0.05) is 17.6 Å². The van der Waals surface area contributed by atoms with Crippen molar-refractivity contribution in [3.05, 3.63) is 28.0 Å². The minimum atomic E-state index is -4.20. The lowest BCUT2D eigenvalue weighted by Gasteiger charge is -2.27. The fourth-order valence-corrected chi connectivity index (χ4v) is 3.28. The zero-order valence-electron chi connectivity index (χ0n) is 10.6. The molecular formula is C12H14BrFN2O3S. The van der Waals surface area contributed by atoms with Gasteiger partial charge >= 0.3 is 0 Å². The van der Waals surface area contributed by atoms with E-state index < -0.39 is 20.7 Å². The first-order valence-corrected chi connectivity index (χ1v) is 8.46. The predicted molar refractivity (Wildman–Crippen MR) is 75.2 cm³/mol. The molecule has 0 aliphatic carbocycles. The normalized spacial score (nSPS) is 16.2. The lowest BCUT2D eigenvalue weighted by atomic mass is 10.1. The molecule has 0 atom stereocenters. The molecule has 110 valence electrons. The second-order valence-corrected chi connectivity index (χ2v) is 7.04. The van der Waals surface area contributed by atoms with Gasteiger partial charge < -0.3 is 4.90 Å². The highest BCUT2D eigenvalue weighted by Crippen LogP contribution is 2.26. The van der Waals surface area contributed by atoms with E-state index in [0.717, 1.165) is 31.4 Å². The minimum absolute atomic E-state index is 0.109. The third-order valence-electron chi connectivity index (χ3n) is 3.20. The summed E-state index contributed by atoms with van der Waals surface area (Å²) in [6.45, 7) is 1.24. The molecule has 1 aliphatic heterocycles. The second kappa shape index (κ2) is 5.79. The van der Waals surface area contributed by atoms with Gasteiger partial charge in [-0.05, 0) is 47.3 Å². The summed E-state index contributed by atoms with van der Waals surface area (Å²) in [6.07, 6.45) is 2.88. The number of piperidine rings is 1. The van der Waals surface area contributed by atoms with Gasteiger partial charge in [-0.1, -0.05) is 0 Å². The highest BCUT2D eigenvalue weighted by Gasteiger charge is 2.24. The van der Waals surface area contributed by atoms with E-state index in [1.807, 2.05) is 0 Å². The minimum Gasteiger partial charge on any atom is -0.339 e. The number of carbonyl (C=O) groups excluding carboxylic acids is 1. The zero-order valence-corrected chi connectivity index (χ0v) is 13.0. The van der Waals surface area contributed by atoms with Gasteiger partial charge in [-0.3, -0.25) is 4.79 Å². The Kier molecular flexibility index (Phi) is 4.46. The maximum absolute atomic E-state index is 13.6. The summed E-state index contributed by atoms with van der Waals surface area (Å²) in [5, 5.41) is 4.95. The van der Waals surface area contributed by atoms with Gasteiger partial charge in [0.1, 0.15) is 10.7 Å². The van der Waals surface area contributed by atoms with E-state index in [2.05, 4.69) is 15.9 Å². The number of halogens is 2. The number of nitrogens with two attached hydrogens (primary N) is 1.